The Labute approximate surface area is 373 Å². The Morgan fingerprint density at radius 1 is 0.355 bits per heavy atom. The molecule has 0 unspecified atom stereocenters. The van der Waals surface area contributed by atoms with Gasteiger partial charge in [0.05, 0.1) is 56.8 Å². The number of rotatable bonds is 10. The first-order valence-corrected chi connectivity index (χ1v) is 35.7. The standard InChI is InChI=1S/C54H58N4Si4/c1-55-49-27-24-40(34-50(49)56-2)58(42-32-45(61(9,10)11)36-46(33-42)62(12,13)14)52-29-23-38-20-25-47-51(28-22-37-21-26-48(52)54(38)53(37)47)57(39-18-16-15-17-19-39)41-30-43(59(3,4)5)35-44(31-41)60(6,7)8/h15-36H,3-14H3. The van der Waals surface area contributed by atoms with Crippen molar-refractivity contribution in [3.05, 3.63) is 156 Å². The van der Waals surface area contributed by atoms with Crippen molar-refractivity contribution in [3.63, 3.8) is 0 Å². The zero-order valence-corrected chi connectivity index (χ0v) is 42.5. The van der Waals surface area contributed by atoms with Crippen molar-refractivity contribution in [2.24, 2.45) is 0 Å². The predicted octanol–water partition coefficient (Wildman–Crippen LogP) is 14.8. The molecule has 0 saturated carbocycles. The average Bonchev–Trinajstić information content (AvgIpc) is 3.22. The van der Waals surface area contributed by atoms with E-state index in [1.807, 2.05) is 18.2 Å². The molecule has 0 heterocycles. The van der Waals surface area contributed by atoms with E-state index >= 15 is 0 Å². The van der Waals surface area contributed by atoms with Gasteiger partial charge in [-0.25, -0.2) is 0 Å². The lowest BCUT2D eigenvalue weighted by molar-refractivity contribution is 1.30. The first kappa shape index (κ1) is 42.9. The highest BCUT2D eigenvalue weighted by molar-refractivity contribution is 6.92. The van der Waals surface area contributed by atoms with Gasteiger partial charge >= 0.3 is 0 Å². The summed E-state index contributed by atoms with van der Waals surface area (Å²) in [5.74, 6) is 0. The van der Waals surface area contributed by atoms with Crippen LogP contribution in [0.4, 0.5) is 45.5 Å². The molecule has 0 N–H and O–H groups in total. The van der Waals surface area contributed by atoms with Crippen LogP contribution in [-0.2, 0) is 0 Å². The molecule has 0 fully saturated rings. The number of para-hydroxylation sites is 1. The van der Waals surface area contributed by atoms with Crippen molar-refractivity contribution in [2.45, 2.75) is 78.6 Å². The van der Waals surface area contributed by atoms with Gasteiger partial charge < -0.3 is 9.80 Å². The van der Waals surface area contributed by atoms with Crippen LogP contribution in [0.3, 0.4) is 0 Å². The van der Waals surface area contributed by atoms with Crippen molar-refractivity contribution in [1.82, 2.24) is 0 Å². The Hall–Kier alpha value is -5.75. The third kappa shape index (κ3) is 7.93. The lowest BCUT2D eigenvalue weighted by Gasteiger charge is -2.32. The van der Waals surface area contributed by atoms with E-state index in [1.54, 1.807) is 0 Å². The molecule has 0 aliphatic rings. The highest BCUT2D eigenvalue weighted by Crippen LogP contribution is 2.48. The quantitative estimate of drug-likeness (QED) is 0.0773. The Bertz CT molecular complexity index is 3030. The summed E-state index contributed by atoms with van der Waals surface area (Å²) in [6, 6.07) is 49.7. The summed E-state index contributed by atoms with van der Waals surface area (Å²) in [5, 5.41) is 13.0. The summed E-state index contributed by atoms with van der Waals surface area (Å²) >= 11 is 0. The van der Waals surface area contributed by atoms with Gasteiger partial charge in [-0.1, -0.05) is 178 Å². The van der Waals surface area contributed by atoms with E-state index in [-0.39, 0.29) is 0 Å². The van der Waals surface area contributed by atoms with Crippen LogP contribution in [0.5, 0.6) is 0 Å². The van der Waals surface area contributed by atoms with Crippen molar-refractivity contribution >= 4 is 131 Å². The monoisotopic (exact) mass is 874 g/mol. The summed E-state index contributed by atoms with van der Waals surface area (Å²) < 4.78 is 0. The molecule has 8 heteroatoms. The molecule has 8 rings (SSSR count). The minimum atomic E-state index is -1.76. The summed E-state index contributed by atoms with van der Waals surface area (Å²) in [4.78, 5) is 12.4. The molecule has 0 atom stereocenters. The summed E-state index contributed by atoms with van der Waals surface area (Å²) in [6.07, 6.45) is 0. The lowest BCUT2D eigenvalue weighted by atomic mass is 9.91. The smallest absolute Gasteiger partial charge is 0.196 e. The molecule has 0 aromatic heterocycles. The predicted molar refractivity (Wildman–Crippen MR) is 284 cm³/mol. The third-order valence-electron chi connectivity index (χ3n) is 12.4. The molecule has 0 aliphatic heterocycles. The number of nitrogens with zero attached hydrogens (tertiary/aromatic N) is 4. The zero-order valence-electron chi connectivity index (χ0n) is 38.5. The Morgan fingerprint density at radius 3 is 1.13 bits per heavy atom. The van der Waals surface area contributed by atoms with E-state index in [9.17, 15) is 0 Å². The maximum absolute atomic E-state index is 8.08. The molecule has 4 nitrogen and oxygen atoms in total. The van der Waals surface area contributed by atoms with Crippen molar-refractivity contribution in [3.8, 4) is 0 Å². The molecule has 0 bridgehead atoms. The van der Waals surface area contributed by atoms with Gasteiger partial charge in [0.2, 0.25) is 0 Å². The van der Waals surface area contributed by atoms with Gasteiger partial charge in [-0.3, -0.25) is 9.69 Å². The van der Waals surface area contributed by atoms with E-state index in [4.69, 9.17) is 13.1 Å². The van der Waals surface area contributed by atoms with Crippen LogP contribution >= 0.6 is 0 Å². The van der Waals surface area contributed by atoms with E-state index in [0.717, 1.165) is 33.8 Å². The molecular weight excluding hydrogens is 817 g/mol. The Morgan fingerprint density at radius 2 is 0.742 bits per heavy atom. The minimum Gasteiger partial charge on any atom is -0.311 e. The van der Waals surface area contributed by atoms with Gasteiger partial charge in [0.1, 0.15) is 0 Å². The number of benzene rings is 8. The van der Waals surface area contributed by atoms with E-state index in [2.05, 4.69) is 213 Å². The maximum atomic E-state index is 8.08. The van der Waals surface area contributed by atoms with Gasteiger partial charge in [0.15, 0.2) is 11.4 Å². The van der Waals surface area contributed by atoms with Crippen LogP contribution in [0.25, 0.3) is 42.0 Å². The average molecular weight is 875 g/mol. The van der Waals surface area contributed by atoms with Gasteiger partial charge in [0, 0.05) is 33.5 Å². The van der Waals surface area contributed by atoms with Crippen LogP contribution < -0.4 is 30.5 Å². The fourth-order valence-electron chi connectivity index (χ4n) is 8.64. The first-order chi connectivity index (χ1) is 29.2. The second-order valence-corrected chi connectivity index (χ2v) is 41.3. The molecule has 0 aliphatic carbocycles. The first-order valence-electron chi connectivity index (χ1n) is 21.7. The minimum absolute atomic E-state index is 0.369. The number of anilines is 6. The fraction of sp³-hybridized carbons (Fsp3) is 0.222. The molecule has 0 radical (unpaired) electrons. The molecule has 310 valence electrons. The van der Waals surface area contributed by atoms with E-state index < -0.39 is 32.3 Å². The van der Waals surface area contributed by atoms with Gasteiger partial charge in [-0.05, 0) is 76.1 Å². The number of hydrogen-bond acceptors (Lipinski definition) is 2. The van der Waals surface area contributed by atoms with Crippen LogP contribution in [0, 0.1) is 13.1 Å². The molecule has 0 saturated heterocycles. The highest BCUT2D eigenvalue weighted by Gasteiger charge is 2.29. The lowest BCUT2D eigenvalue weighted by Crippen LogP contribution is -2.45. The Balaban J connectivity index is 1.45. The summed E-state index contributed by atoms with van der Waals surface area (Å²) in [6.45, 7) is 45.2. The van der Waals surface area contributed by atoms with Gasteiger partial charge in [-0.15, -0.1) is 0 Å². The third-order valence-corrected chi connectivity index (χ3v) is 20.5. The fourth-order valence-corrected chi connectivity index (χ4v) is 13.6. The van der Waals surface area contributed by atoms with Crippen molar-refractivity contribution in [1.29, 1.82) is 0 Å². The van der Waals surface area contributed by atoms with Crippen LogP contribution in [-0.4, -0.2) is 32.3 Å². The highest BCUT2D eigenvalue weighted by atomic mass is 28.3. The van der Waals surface area contributed by atoms with Crippen molar-refractivity contribution < 1.29 is 0 Å². The SMILES string of the molecule is [C-]#[N+]c1ccc(N(c2cc([Si](C)(C)C)cc([Si](C)(C)C)c2)c2ccc3ccc4c(N(c5ccccc5)c5cc([Si](C)(C)C)cc([Si](C)(C)C)c5)ccc5ccc2c3c54)cc1[N+]#[C-]. The second kappa shape index (κ2) is 15.6. The van der Waals surface area contributed by atoms with Crippen molar-refractivity contribution in [2.75, 3.05) is 9.80 Å². The van der Waals surface area contributed by atoms with Crippen LogP contribution in [0.2, 0.25) is 78.6 Å². The second-order valence-electron chi connectivity index (χ2n) is 21.0. The van der Waals surface area contributed by atoms with E-state index in [1.165, 1.54) is 53.4 Å². The van der Waals surface area contributed by atoms with E-state index in [0.29, 0.717) is 11.4 Å². The molecule has 0 amide bonds. The summed E-state index contributed by atoms with van der Waals surface area (Å²) in [5.41, 5.74) is 7.30. The largest absolute Gasteiger partial charge is 0.311 e. The van der Waals surface area contributed by atoms with Gasteiger partial charge in [-0.2, -0.15) is 0 Å². The molecule has 0 spiro atoms. The summed E-state index contributed by atoms with van der Waals surface area (Å²) in [7, 11) is -6.87. The molecule has 62 heavy (non-hydrogen) atoms. The Kier molecular flexibility index (Phi) is 10.8. The topological polar surface area (TPSA) is 15.2 Å². The van der Waals surface area contributed by atoms with Gasteiger partial charge in [0.25, 0.3) is 0 Å². The number of hydrogen-bond donors (Lipinski definition) is 0. The van der Waals surface area contributed by atoms with Crippen LogP contribution in [0.15, 0.2) is 133 Å². The molecule has 8 aromatic carbocycles. The van der Waals surface area contributed by atoms with Crippen LogP contribution in [0.1, 0.15) is 0 Å². The zero-order chi connectivity index (χ0) is 44.5. The molecule has 8 aromatic rings. The normalized spacial score (nSPS) is 12.5. The molecular formula is C54H58N4Si4. The maximum Gasteiger partial charge on any atom is 0.196 e.